The maximum atomic E-state index is 11.7. The van der Waals surface area contributed by atoms with Gasteiger partial charge in [-0.1, -0.05) is 23.2 Å². The van der Waals surface area contributed by atoms with Crippen molar-refractivity contribution in [2.24, 2.45) is 5.92 Å². The highest BCUT2D eigenvalue weighted by Crippen LogP contribution is 2.23. The fraction of sp³-hybridized carbons (Fsp3) is 0.429. The Bertz CT molecular complexity index is 700. The lowest BCUT2D eigenvalue weighted by Gasteiger charge is -2.09. The molecular formula is C14H15Cl2NO5S. The topological polar surface area (TPSA) is 89.5 Å². The number of anilines is 1. The number of hydrogen-bond donors (Lipinski definition) is 1. The van der Waals surface area contributed by atoms with Gasteiger partial charge in [0, 0.05) is 22.2 Å². The number of nitrogens with one attached hydrogen (secondary N) is 1. The summed E-state index contributed by atoms with van der Waals surface area (Å²) >= 11 is 11.6. The molecule has 0 spiro atoms. The molecule has 0 unspecified atom stereocenters. The molecule has 0 saturated carbocycles. The van der Waals surface area contributed by atoms with E-state index in [4.69, 9.17) is 27.9 Å². The summed E-state index contributed by atoms with van der Waals surface area (Å²) in [4.78, 5) is 23.3. The van der Waals surface area contributed by atoms with Crippen molar-refractivity contribution < 1.29 is 22.7 Å². The third-order valence-corrected chi connectivity index (χ3v) is 5.57. The lowest BCUT2D eigenvalue weighted by molar-refractivity contribution is -0.148. The molecule has 0 aromatic heterocycles. The van der Waals surface area contributed by atoms with E-state index in [1.165, 1.54) is 18.2 Å². The van der Waals surface area contributed by atoms with Gasteiger partial charge in [-0.2, -0.15) is 0 Å². The summed E-state index contributed by atoms with van der Waals surface area (Å²) < 4.78 is 27.5. The van der Waals surface area contributed by atoms with Crippen molar-refractivity contribution in [1.82, 2.24) is 0 Å². The molecular weight excluding hydrogens is 365 g/mol. The number of halogens is 2. The SMILES string of the molecule is O=C(COC(=O)C[C@H]1CCS(=O)(=O)C1)Nc1cc(Cl)cc(Cl)c1. The van der Waals surface area contributed by atoms with Crippen molar-refractivity contribution in [3.63, 3.8) is 0 Å². The highest BCUT2D eigenvalue weighted by Gasteiger charge is 2.29. The van der Waals surface area contributed by atoms with Crippen LogP contribution in [0.15, 0.2) is 18.2 Å². The van der Waals surface area contributed by atoms with Gasteiger partial charge < -0.3 is 10.1 Å². The summed E-state index contributed by atoms with van der Waals surface area (Å²) in [6.07, 6.45) is 0.445. The molecule has 23 heavy (non-hydrogen) atoms. The van der Waals surface area contributed by atoms with Crippen LogP contribution in [0.1, 0.15) is 12.8 Å². The second-order valence-electron chi connectivity index (χ2n) is 5.34. The molecule has 2 rings (SSSR count). The van der Waals surface area contributed by atoms with Crippen molar-refractivity contribution in [3.05, 3.63) is 28.2 Å². The van der Waals surface area contributed by atoms with Gasteiger partial charge in [0.05, 0.1) is 11.5 Å². The van der Waals surface area contributed by atoms with Gasteiger partial charge in [-0.05, 0) is 30.5 Å². The van der Waals surface area contributed by atoms with Crippen molar-refractivity contribution >= 4 is 50.6 Å². The van der Waals surface area contributed by atoms with Gasteiger partial charge in [0.1, 0.15) is 0 Å². The summed E-state index contributed by atoms with van der Waals surface area (Å²) in [7, 11) is -3.03. The molecule has 0 aliphatic carbocycles. The number of carbonyl (C=O) groups excluding carboxylic acids is 2. The smallest absolute Gasteiger partial charge is 0.306 e. The first-order valence-corrected chi connectivity index (χ1v) is 9.43. The molecule has 1 aromatic rings. The van der Waals surface area contributed by atoms with Crippen LogP contribution in [-0.2, 0) is 24.2 Å². The highest BCUT2D eigenvalue weighted by molar-refractivity contribution is 7.91. The average Bonchev–Trinajstić information content (AvgIpc) is 2.74. The Balaban J connectivity index is 1.76. The summed E-state index contributed by atoms with van der Waals surface area (Å²) in [6.45, 7) is -0.456. The number of benzene rings is 1. The normalized spacial score (nSPS) is 19.3. The summed E-state index contributed by atoms with van der Waals surface area (Å²) in [5.74, 6) is -1.26. The molecule has 1 heterocycles. The van der Waals surface area contributed by atoms with Crippen LogP contribution < -0.4 is 5.32 Å². The Kier molecular flexibility index (Phi) is 5.89. The minimum Gasteiger partial charge on any atom is -0.456 e. The Morgan fingerprint density at radius 1 is 1.22 bits per heavy atom. The van der Waals surface area contributed by atoms with Crippen LogP contribution in [0.2, 0.25) is 10.0 Å². The fourth-order valence-corrected chi connectivity index (χ4v) is 4.68. The standard InChI is InChI=1S/C14H15Cl2NO5S/c15-10-4-11(16)6-12(5-10)17-13(18)7-22-14(19)3-9-1-2-23(20,21)8-9/h4-6,9H,1-3,7-8H2,(H,17,18)/t9-/m1/s1. The highest BCUT2D eigenvalue weighted by atomic mass is 35.5. The van der Waals surface area contributed by atoms with Gasteiger partial charge in [-0.15, -0.1) is 0 Å². The molecule has 1 fully saturated rings. The Morgan fingerprint density at radius 3 is 2.43 bits per heavy atom. The van der Waals surface area contributed by atoms with E-state index in [9.17, 15) is 18.0 Å². The first kappa shape index (κ1) is 18.0. The molecule has 1 saturated heterocycles. The third kappa shape index (κ3) is 6.01. The minimum atomic E-state index is -3.03. The second-order valence-corrected chi connectivity index (χ2v) is 8.44. The zero-order valence-electron chi connectivity index (χ0n) is 12.1. The molecule has 1 atom stereocenters. The van der Waals surface area contributed by atoms with Crippen molar-refractivity contribution in [1.29, 1.82) is 0 Å². The maximum Gasteiger partial charge on any atom is 0.306 e. The molecule has 126 valence electrons. The molecule has 9 heteroatoms. The summed E-state index contributed by atoms with van der Waals surface area (Å²) in [5, 5.41) is 3.24. The number of rotatable bonds is 5. The predicted molar refractivity (Wildman–Crippen MR) is 87.4 cm³/mol. The first-order valence-electron chi connectivity index (χ1n) is 6.85. The number of hydrogen-bond acceptors (Lipinski definition) is 5. The van der Waals surface area contributed by atoms with Crippen molar-refractivity contribution in [2.45, 2.75) is 12.8 Å². The van der Waals surface area contributed by atoms with Crippen LogP contribution in [0.3, 0.4) is 0 Å². The van der Waals surface area contributed by atoms with E-state index in [0.29, 0.717) is 22.2 Å². The number of carbonyl (C=O) groups is 2. The molecule has 0 radical (unpaired) electrons. The van der Waals surface area contributed by atoms with Gasteiger partial charge in [0.15, 0.2) is 16.4 Å². The molecule has 0 bridgehead atoms. The maximum absolute atomic E-state index is 11.7. The first-order chi connectivity index (χ1) is 10.7. The molecule has 1 aromatic carbocycles. The van der Waals surface area contributed by atoms with E-state index in [1.807, 2.05) is 0 Å². The molecule has 1 amide bonds. The summed E-state index contributed by atoms with van der Waals surface area (Å²) in [6, 6.07) is 4.54. The zero-order chi connectivity index (χ0) is 17.0. The van der Waals surface area contributed by atoms with Gasteiger partial charge in [-0.25, -0.2) is 8.42 Å². The molecule has 1 aliphatic rings. The number of amides is 1. The van der Waals surface area contributed by atoms with E-state index < -0.39 is 28.3 Å². The lowest BCUT2D eigenvalue weighted by Crippen LogP contribution is -2.22. The molecule has 6 nitrogen and oxygen atoms in total. The van der Waals surface area contributed by atoms with E-state index in [1.54, 1.807) is 0 Å². The van der Waals surface area contributed by atoms with Crippen LogP contribution >= 0.6 is 23.2 Å². The third-order valence-electron chi connectivity index (χ3n) is 3.29. The van der Waals surface area contributed by atoms with Crippen molar-refractivity contribution in [3.8, 4) is 0 Å². The molecule has 1 aliphatic heterocycles. The van der Waals surface area contributed by atoms with Gasteiger partial charge in [0.25, 0.3) is 5.91 Å². The van der Waals surface area contributed by atoms with Gasteiger partial charge in [0.2, 0.25) is 0 Å². The van der Waals surface area contributed by atoms with Crippen LogP contribution in [0.5, 0.6) is 0 Å². The Morgan fingerprint density at radius 2 is 1.87 bits per heavy atom. The molecule has 1 N–H and O–H groups in total. The Labute approximate surface area is 144 Å². The average molecular weight is 380 g/mol. The van der Waals surface area contributed by atoms with Gasteiger partial charge in [-0.3, -0.25) is 9.59 Å². The van der Waals surface area contributed by atoms with E-state index in [-0.39, 0.29) is 23.8 Å². The predicted octanol–water partition coefficient (Wildman–Crippen LogP) is 2.30. The van der Waals surface area contributed by atoms with Crippen LogP contribution in [-0.4, -0.2) is 38.4 Å². The lowest BCUT2D eigenvalue weighted by atomic mass is 10.1. The minimum absolute atomic E-state index is 0.00446. The zero-order valence-corrected chi connectivity index (χ0v) is 14.4. The van der Waals surface area contributed by atoms with E-state index in [0.717, 1.165) is 0 Å². The fourth-order valence-electron chi connectivity index (χ4n) is 2.30. The summed E-state index contributed by atoms with van der Waals surface area (Å²) in [5.41, 5.74) is 0.394. The van der Waals surface area contributed by atoms with Crippen LogP contribution in [0, 0.1) is 5.92 Å². The van der Waals surface area contributed by atoms with Crippen LogP contribution in [0.4, 0.5) is 5.69 Å². The Hall–Kier alpha value is -1.31. The van der Waals surface area contributed by atoms with Crippen molar-refractivity contribution in [2.75, 3.05) is 23.4 Å². The van der Waals surface area contributed by atoms with Crippen LogP contribution in [0.25, 0.3) is 0 Å². The second kappa shape index (κ2) is 7.51. The monoisotopic (exact) mass is 379 g/mol. The van der Waals surface area contributed by atoms with E-state index in [2.05, 4.69) is 5.32 Å². The van der Waals surface area contributed by atoms with E-state index >= 15 is 0 Å². The number of ether oxygens (including phenoxy) is 1. The number of sulfone groups is 1. The number of esters is 1. The largest absolute Gasteiger partial charge is 0.456 e. The van der Waals surface area contributed by atoms with Gasteiger partial charge >= 0.3 is 5.97 Å². The quantitative estimate of drug-likeness (QED) is 0.792.